The van der Waals surface area contributed by atoms with Crippen molar-refractivity contribution in [2.45, 2.75) is 33.7 Å². The molecule has 0 aliphatic rings. The molecule has 0 radical (unpaired) electrons. The van der Waals surface area contributed by atoms with Gasteiger partial charge in [-0.3, -0.25) is 9.78 Å². The van der Waals surface area contributed by atoms with Gasteiger partial charge in [-0.15, -0.1) is 0 Å². The molecule has 2 aromatic rings. The molecule has 1 aromatic carbocycles. The normalized spacial score (nSPS) is 11.0. The number of hydrogen-bond acceptors (Lipinski definition) is 3. The van der Waals surface area contributed by atoms with Crippen LogP contribution in [0.2, 0.25) is 0 Å². The molecular weight excluding hydrogens is 286 g/mol. The Morgan fingerprint density at radius 2 is 1.96 bits per heavy atom. The van der Waals surface area contributed by atoms with Crippen LogP contribution in [0.4, 0.5) is 0 Å². The summed E-state index contributed by atoms with van der Waals surface area (Å²) < 4.78 is 0. The maximum Gasteiger partial charge on any atom is 0.250 e. The van der Waals surface area contributed by atoms with Gasteiger partial charge in [0.2, 0.25) is 5.91 Å². The van der Waals surface area contributed by atoms with Gasteiger partial charge in [0.25, 0.3) is 0 Å². The summed E-state index contributed by atoms with van der Waals surface area (Å²) in [7, 11) is 0. The number of aryl methyl sites for hydroxylation is 1. The van der Waals surface area contributed by atoms with Gasteiger partial charge in [0.05, 0.1) is 11.3 Å². The zero-order valence-corrected chi connectivity index (χ0v) is 14.1. The van der Waals surface area contributed by atoms with E-state index in [1.54, 1.807) is 6.07 Å². The van der Waals surface area contributed by atoms with Crippen molar-refractivity contribution in [3.63, 3.8) is 0 Å². The Hall–Kier alpha value is -2.20. The van der Waals surface area contributed by atoms with Crippen molar-refractivity contribution in [2.24, 2.45) is 11.7 Å². The van der Waals surface area contributed by atoms with Gasteiger partial charge in [0.1, 0.15) is 0 Å². The fourth-order valence-corrected chi connectivity index (χ4v) is 2.42. The second-order valence-electron chi connectivity index (χ2n) is 6.31. The summed E-state index contributed by atoms with van der Waals surface area (Å²) in [5.74, 6) is 0.275. The van der Waals surface area contributed by atoms with Crippen LogP contribution in [0.25, 0.3) is 11.3 Å². The van der Waals surface area contributed by atoms with Crippen LogP contribution < -0.4 is 11.1 Å². The fraction of sp³-hybridized carbons (Fsp3) is 0.368. The number of rotatable bonds is 7. The molecular formula is C19H25N3O. The largest absolute Gasteiger partial charge is 0.366 e. The van der Waals surface area contributed by atoms with E-state index in [9.17, 15) is 4.79 Å². The van der Waals surface area contributed by atoms with Gasteiger partial charge in [0.15, 0.2) is 0 Å². The van der Waals surface area contributed by atoms with E-state index in [-0.39, 0.29) is 0 Å². The zero-order chi connectivity index (χ0) is 16.8. The third kappa shape index (κ3) is 4.89. The van der Waals surface area contributed by atoms with Crippen LogP contribution in [0.1, 0.15) is 41.8 Å². The van der Waals surface area contributed by atoms with Gasteiger partial charge in [-0.2, -0.15) is 0 Å². The quantitative estimate of drug-likeness (QED) is 0.771. The summed E-state index contributed by atoms with van der Waals surface area (Å²) >= 11 is 0. The zero-order valence-electron chi connectivity index (χ0n) is 14.1. The number of aromatic nitrogens is 1. The number of primary amides is 1. The topological polar surface area (TPSA) is 68.0 Å². The van der Waals surface area contributed by atoms with Gasteiger partial charge < -0.3 is 11.1 Å². The number of carbonyl (C=O) groups excluding carboxylic acids is 1. The number of hydrogen-bond donors (Lipinski definition) is 2. The summed E-state index contributed by atoms with van der Waals surface area (Å²) in [6.07, 6.45) is 2.72. The number of pyridine rings is 1. The van der Waals surface area contributed by atoms with E-state index in [1.807, 2.05) is 6.92 Å². The van der Waals surface area contributed by atoms with E-state index in [0.717, 1.165) is 35.8 Å². The number of nitrogens with two attached hydrogens (primary N) is 1. The van der Waals surface area contributed by atoms with Crippen molar-refractivity contribution in [1.82, 2.24) is 10.3 Å². The lowest BCUT2D eigenvalue weighted by molar-refractivity contribution is 0.1000. The minimum atomic E-state index is -0.449. The molecule has 2 rings (SSSR count). The van der Waals surface area contributed by atoms with Crippen molar-refractivity contribution in [3.05, 3.63) is 53.2 Å². The molecule has 0 aliphatic heterocycles. The SMILES string of the molecule is Cc1cc(C(N)=O)cnc1-c1ccc(CNCCC(C)C)cc1. The van der Waals surface area contributed by atoms with Crippen molar-refractivity contribution >= 4 is 5.91 Å². The molecule has 4 heteroatoms. The molecule has 23 heavy (non-hydrogen) atoms. The molecule has 0 saturated heterocycles. The summed E-state index contributed by atoms with van der Waals surface area (Å²) in [6, 6.07) is 10.1. The summed E-state index contributed by atoms with van der Waals surface area (Å²) in [5, 5.41) is 3.46. The van der Waals surface area contributed by atoms with Crippen LogP contribution in [-0.4, -0.2) is 17.4 Å². The molecule has 0 bridgehead atoms. The average Bonchev–Trinajstić information content (AvgIpc) is 2.52. The van der Waals surface area contributed by atoms with Crippen LogP contribution in [0.15, 0.2) is 36.5 Å². The van der Waals surface area contributed by atoms with Gasteiger partial charge in [0, 0.05) is 18.3 Å². The molecule has 3 N–H and O–H groups in total. The first-order valence-electron chi connectivity index (χ1n) is 8.04. The average molecular weight is 311 g/mol. The molecule has 1 aromatic heterocycles. The summed E-state index contributed by atoms with van der Waals surface area (Å²) in [6.45, 7) is 8.31. The van der Waals surface area contributed by atoms with Gasteiger partial charge in [-0.25, -0.2) is 0 Å². The highest BCUT2D eigenvalue weighted by Gasteiger charge is 2.07. The summed E-state index contributed by atoms with van der Waals surface area (Å²) in [4.78, 5) is 15.6. The Labute approximate surface area is 138 Å². The van der Waals surface area contributed by atoms with Gasteiger partial charge in [-0.1, -0.05) is 38.1 Å². The monoisotopic (exact) mass is 311 g/mol. The molecule has 0 spiro atoms. The second kappa shape index (κ2) is 7.88. The van der Waals surface area contributed by atoms with Crippen molar-refractivity contribution in [3.8, 4) is 11.3 Å². The van der Waals surface area contributed by atoms with Crippen LogP contribution in [0.3, 0.4) is 0 Å². The molecule has 0 fully saturated rings. The molecule has 0 aliphatic carbocycles. The van der Waals surface area contributed by atoms with E-state index in [1.165, 1.54) is 18.2 Å². The van der Waals surface area contributed by atoms with Crippen molar-refractivity contribution in [1.29, 1.82) is 0 Å². The molecule has 122 valence electrons. The van der Waals surface area contributed by atoms with E-state index in [2.05, 4.69) is 48.4 Å². The second-order valence-corrected chi connectivity index (χ2v) is 6.31. The fourth-order valence-electron chi connectivity index (χ4n) is 2.42. The predicted octanol–water partition coefficient (Wildman–Crippen LogP) is 3.29. The number of nitrogens with one attached hydrogen (secondary N) is 1. The lowest BCUT2D eigenvalue weighted by atomic mass is 10.0. The van der Waals surface area contributed by atoms with Crippen LogP contribution in [-0.2, 0) is 6.54 Å². The maximum atomic E-state index is 11.2. The van der Waals surface area contributed by atoms with Crippen LogP contribution in [0, 0.1) is 12.8 Å². The maximum absolute atomic E-state index is 11.2. The highest BCUT2D eigenvalue weighted by atomic mass is 16.1. The van der Waals surface area contributed by atoms with Crippen molar-refractivity contribution in [2.75, 3.05) is 6.54 Å². The summed E-state index contributed by atoms with van der Waals surface area (Å²) in [5.41, 5.74) is 9.86. The number of amides is 1. The Bertz CT molecular complexity index is 663. The lowest BCUT2D eigenvalue weighted by Gasteiger charge is -2.09. The Kier molecular flexibility index (Phi) is 5.88. The minimum Gasteiger partial charge on any atom is -0.366 e. The number of nitrogens with zero attached hydrogens (tertiary/aromatic N) is 1. The highest BCUT2D eigenvalue weighted by molar-refractivity contribution is 5.93. The first-order chi connectivity index (χ1) is 11.0. The van der Waals surface area contributed by atoms with E-state index in [4.69, 9.17) is 5.73 Å². The molecule has 0 unspecified atom stereocenters. The Morgan fingerprint density at radius 1 is 1.26 bits per heavy atom. The third-order valence-electron chi connectivity index (χ3n) is 3.82. The number of carbonyl (C=O) groups is 1. The Morgan fingerprint density at radius 3 is 2.52 bits per heavy atom. The molecule has 1 heterocycles. The minimum absolute atomic E-state index is 0.442. The molecule has 0 saturated carbocycles. The van der Waals surface area contributed by atoms with E-state index in [0.29, 0.717) is 5.56 Å². The van der Waals surface area contributed by atoms with E-state index < -0.39 is 5.91 Å². The third-order valence-corrected chi connectivity index (χ3v) is 3.82. The molecule has 0 atom stereocenters. The van der Waals surface area contributed by atoms with Gasteiger partial charge in [-0.05, 0) is 43.0 Å². The first-order valence-corrected chi connectivity index (χ1v) is 8.04. The first kappa shape index (κ1) is 17.2. The predicted molar refractivity (Wildman–Crippen MR) is 94.1 cm³/mol. The lowest BCUT2D eigenvalue weighted by Crippen LogP contribution is -2.16. The van der Waals surface area contributed by atoms with E-state index >= 15 is 0 Å². The Balaban J connectivity index is 2.03. The smallest absolute Gasteiger partial charge is 0.250 e. The van der Waals surface area contributed by atoms with Crippen LogP contribution in [0.5, 0.6) is 0 Å². The van der Waals surface area contributed by atoms with Crippen molar-refractivity contribution < 1.29 is 4.79 Å². The number of benzene rings is 1. The molecule has 4 nitrogen and oxygen atoms in total. The standard InChI is InChI=1S/C19H25N3O/c1-13(2)8-9-21-11-15-4-6-16(7-5-15)18-14(3)10-17(12-22-18)19(20)23/h4-7,10,12-13,21H,8-9,11H2,1-3H3,(H2,20,23). The molecule has 1 amide bonds. The van der Waals surface area contributed by atoms with Gasteiger partial charge >= 0.3 is 0 Å². The highest BCUT2D eigenvalue weighted by Crippen LogP contribution is 2.22. The van der Waals surface area contributed by atoms with Crippen LogP contribution >= 0.6 is 0 Å².